The van der Waals surface area contributed by atoms with Gasteiger partial charge in [-0.1, -0.05) is 6.07 Å². The quantitative estimate of drug-likeness (QED) is 0.653. The Bertz CT molecular complexity index is 1200. The molecule has 2 amide bonds. The van der Waals surface area contributed by atoms with Crippen LogP contribution >= 0.6 is 0 Å². The Hall–Kier alpha value is -2.97. The summed E-state index contributed by atoms with van der Waals surface area (Å²) < 4.78 is 0. The molecule has 8 nitrogen and oxygen atoms in total. The summed E-state index contributed by atoms with van der Waals surface area (Å²) in [6, 6.07) is 5.16. The van der Waals surface area contributed by atoms with E-state index < -0.39 is 5.91 Å². The van der Waals surface area contributed by atoms with E-state index in [0.29, 0.717) is 40.7 Å². The summed E-state index contributed by atoms with van der Waals surface area (Å²) in [6.07, 6.45) is 4.90. The lowest BCUT2D eigenvalue weighted by atomic mass is 9.67. The van der Waals surface area contributed by atoms with E-state index in [4.69, 9.17) is 5.73 Å². The zero-order valence-electron chi connectivity index (χ0n) is 19.5. The molecule has 3 aliphatic rings. The van der Waals surface area contributed by atoms with E-state index in [2.05, 4.69) is 31.1 Å². The molecule has 1 saturated heterocycles. The minimum Gasteiger partial charge on any atom is -0.366 e. The molecule has 0 unspecified atom stereocenters. The number of amides is 2. The number of H-pyrrole nitrogens is 1. The number of hydrogen-bond acceptors (Lipinski definition) is 5. The van der Waals surface area contributed by atoms with Gasteiger partial charge in [0.05, 0.1) is 5.56 Å². The summed E-state index contributed by atoms with van der Waals surface area (Å²) in [6.45, 7) is 8.63. The van der Waals surface area contributed by atoms with Crippen LogP contribution in [0.4, 0.5) is 0 Å². The van der Waals surface area contributed by atoms with E-state index in [1.54, 1.807) is 29.4 Å². The van der Waals surface area contributed by atoms with Crippen molar-refractivity contribution in [3.63, 3.8) is 0 Å². The second-order valence-corrected chi connectivity index (χ2v) is 10.7. The van der Waals surface area contributed by atoms with Crippen molar-refractivity contribution >= 4 is 28.5 Å². The van der Waals surface area contributed by atoms with Crippen molar-refractivity contribution in [2.24, 2.45) is 11.1 Å². The van der Waals surface area contributed by atoms with Gasteiger partial charge in [-0.25, -0.2) is 10.0 Å². The highest BCUT2D eigenvalue weighted by molar-refractivity contribution is 6.09. The molecule has 0 saturated carbocycles. The first kappa shape index (κ1) is 21.9. The fourth-order valence-corrected chi connectivity index (χ4v) is 5.64. The number of piperidine rings is 1. The van der Waals surface area contributed by atoms with Crippen LogP contribution in [0, 0.1) is 5.41 Å². The van der Waals surface area contributed by atoms with Crippen molar-refractivity contribution in [2.75, 3.05) is 19.6 Å². The van der Waals surface area contributed by atoms with Crippen LogP contribution in [0.25, 0.3) is 10.9 Å². The number of rotatable bonds is 2. The molecular formula is C25H31N5O3. The number of fused-ring (bicyclic) bond motifs is 1. The standard InChI is InChI=1S/C25H31N5O3/c1-24(2,3)29-14-16-11-25(6-8-27-9-7-25)12-20(31)21(16)30(29)23(33)15-4-5-17-18(22(26)32)13-28-19(17)10-15/h4-5,10,13,27-28H,6-9,11-12,14H2,1-3H3,(H2,26,32). The Labute approximate surface area is 193 Å². The number of Topliss-reactive ketones (excluding diaryl/α,β-unsaturated/α-hetero) is 1. The molecule has 4 N–H and O–H groups in total. The highest BCUT2D eigenvalue weighted by atomic mass is 16.2. The largest absolute Gasteiger partial charge is 0.366 e. The Morgan fingerprint density at radius 2 is 1.85 bits per heavy atom. The monoisotopic (exact) mass is 449 g/mol. The van der Waals surface area contributed by atoms with Gasteiger partial charge in [-0.2, -0.15) is 0 Å². The molecular weight excluding hydrogens is 418 g/mol. The summed E-state index contributed by atoms with van der Waals surface area (Å²) in [4.78, 5) is 42.0. The Kier molecular flexibility index (Phi) is 4.99. The number of nitrogens with two attached hydrogens (primary N) is 1. The lowest BCUT2D eigenvalue weighted by Gasteiger charge is -2.41. The van der Waals surface area contributed by atoms with Crippen LogP contribution in [0.2, 0.25) is 0 Å². The molecule has 5 rings (SSSR count). The van der Waals surface area contributed by atoms with E-state index in [9.17, 15) is 14.4 Å². The molecule has 33 heavy (non-hydrogen) atoms. The number of carbonyl (C=O) groups is 3. The third kappa shape index (κ3) is 3.57. The van der Waals surface area contributed by atoms with Gasteiger partial charge in [0.2, 0.25) is 0 Å². The summed E-state index contributed by atoms with van der Waals surface area (Å²) in [5, 5.41) is 7.71. The Morgan fingerprint density at radius 1 is 1.12 bits per heavy atom. The molecule has 1 spiro atoms. The number of aromatic nitrogens is 1. The van der Waals surface area contributed by atoms with Crippen molar-refractivity contribution in [3.05, 3.63) is 46.8 Å². The summed E-state index contributed by atoms with van der Waals surface area (Å²) >= 11 is 0. The molecule has 3 heterocycles. The molecule has 2 aromatic rings. The maximum atomic E-state index is 13.8. The molecule has 1 fully saturated rings. The number of primary amides is 1. The Morgan fingerprint density at radius 3 is 2.52 bits per heavy atom. The summed E-state index contributed by atoms with van der Waals surface area (Å²) in [5.41, 5.74) is 8.26. The molecule has 8 heteroatoms. The zero-order valence-corrected chi connectivity index (χ0v) is 19.5. The lowest BCUT2D eigenvalue weighted by molar-refractivity contribution is -0.122. The number of nitrogens with zero attached hydrogens (tertiary/aromatic N) is 2. The highest BCUT2D eigenvalue weighted by Crippen LogP contribution is 2.48. The second kappa shape index (κ2) is 7.53. The first-order valence-electron chi connectivity index (χ1n) is 11.6. The van der Waals surface area contributed by atoms with Crippen molar-refractivity contribution in [1.82, 2.24) is 20.3 Å². The molecule has 0 atom stereocenters. The number of hydrazine groups is 1. The number of hydrogen-bond donors (Lipinski definition) is 3. The van der Waals surface area contributed by atoms with Gasteiger partial charge in [-0.05, 0) is 76.2 Å². The van der Waals surface area contributed by atoms with Crippen LogP contribution in [0.3, 0.4) is 0 Å². The van der Waals surface area contributed by atoms with E-state index in [-0.39, 0.29) is 22.6 Å². The topological polar surface area (TPSA) is 112 Å². The highest BCUT2D eigenvalue weighted by Gasteiger charge is 2.49. The summed E-state index contributed by atoms with van der Waals surface area (Å²) in [7, 11) is 0. The van der Waals surface area contributed by atoms with E-state index in [1.807, 2.05) is 5.01 Å². The minimum atomic E-state index is -0.520. The van der Waals surface area contributed by atoms with Gasteiger partial charge >= 0.3 is 0 Å². The molecule has 174 valence electrons. The smallest absolute Gasteiger partial charge is 0.273 e. The third-order valence-corrected chi connectivity index (χ3v) is 7.34. The first-order chi connectivity index (χ1) is 15.6. The number of nitrogens with one attached hydrogen (secondary N) is 2. The van der Waals surface area contributed by atoms with E-state index in [1.165, 1.54) is 0 Å². The van der Waals surface area contributed by atoms with E-state index >= 15 is 0 Å². The van der Waals surface area contributed by atoms with Crippen molar-refractivity contribution in [3.8, 4) is 0 Å². The predicted octanol–water partition coefficient (Wildman–Crippen LogP) is 2.72. The average molecular weight is 450 g/mol. The number of aromatic amines is 1. The second-order valence-electron chi connectivity index (χ2n) is 10.7. The number of allylic oxidation sites excluding steroid dienone is 1. The molecule has 1 aromatic heterocycles. The number of carbonyl (C=O) groups excluding carboxylic acids is 3. The molecule has 0 bridgehead atoms. The third-order valence-electron chi connectivity index (χ3n) is 7.34. The number of benzene rings is 1. The van der Waals surface area contributed by atoms with Gasteiger partial charge < -0.3 is 16.0 Å². The van der Waals surface area contributed by atoms with Crippen LogP contribution in [-0.2, 0) is 4.79 Å². The first-order valence-corrected chi connectivity index (χ1v) is 11.6. The van der Waals surface area contributed by atoms with Gasteiger partial charge in [0.25, 0.3) is 11.8 Å². The van der Waals surface area contributed by atoms with Crippen LogP contribution in [-0.4, -0.2) is 57.8 Å². The average Bonchev–Trinajstić information content (AvgIpc) is 3.35. The van der Waals surface area contributed by atoms with Gasteiger partial charge in [0.1, 0.15) is 5.70 Å². The SMILES string of the molecule is CC(C)(C)N1CC2=C(C(=O)CC3(CCNCC3)C2)N1C(=O)c1ccc2c(C(N)=O)c[nH]c2c1. The van der Waals surface area contributed by atoms with Crippen LogP contribution < -0.4 is 11.1 Å². The van der Waals surface area contributed by atoms with Crippen LogP contribution in [0.5, 0.6) is 0 Å². The van der Waals surface area contributed by atoms with Crippen molar-refractivity contribution in [2.45, 2.75) is 52.0 Å². The Balaban J connectivity index is 1.54. The van der Waals surface area contributed by atoms with Crippen molar-refractivity contribution in [1.29, 1.82) is 0 Å². The zero-order chi connectivity index (χ0) is 23.5. The van der Waals surface area contributed by atoms with Gasteiger partial charge in [0, 0.05) is 41.2 Å². The summed E-state index contributed by atoms with van der Waals surface area (Å²) in [5.74, 6) is -0.690. The minimum absolute atomic E-state index is 0.0120. The predicted molar refractivity (Wildman–Crippen MR) is 125 cm³/mol. The fourth-order valence-electron chi connectivity index (χ4n) is 5.64. The van der Waals surface area contributed by atoms with E-state index in [0.717, 1.165) is 37.9 Å². The lowest BCUT2D eigenvalue weighted by Crippen LogP contribution is -2.52. The van der Waals surface area contributed by atoms with Gasteiger partial charge in [0.15, 0.2) is 5.78 Å². The maximum Gasteiger partial charge on any atom is 0.273 e. The molecule has 0 radical (unpaired) electrons. The molecule has 2 aliphatic heterocycles. The molecule has 1 aliphatic carbocycles. The fraction of sp³-hybridized carbons (Fsp3) is 0.480. The van der Waals surface area contributed by atoms with Gasteiger partial charge in [-0.3, -0.25) is 14.4 Å². The van der Waals surface area contributed by atoms with Gasteiger partial charge in [-0.15, -0.1) is 0 Å². The maximum absolute atomic E-state index is 13.8. The molecule has 1 aromatic carbocycles. The normalized spacial score (nSPS) is 21.2. The van der Waals surface area contributed by atoms with Crippen molar-refractivity contribution < 1.29 is 14.4 Å². The number of ketones is 1. The van der Waals surface area contributed by atoms with Crippen LogP contribution in [0.1, 0.15) is 67.2 Å². The van der Waals surface area contributed by atoms with Crippen LogP contribution in [0.15, 0.2) is 35.7 Å².